The third-order valence-electron chi connectivity index (χ3n) is 2.55. The Balaban J connectivity index is 3.43. The molecule has 0 aliphatic carbocycles. The number of likely N-dealkylation sites (N-methyl/N-ethyl adjacent to an activating group) is 1. The Hall–Kier alpha value is -0.760. The van der Waals surface area contributed by atoms with Gasteiger partial charge in [-0.25, -0.2) is 12.8 Å². The summed E-state index contributed by atoms with van der Waals surface area (Å²) in [5.41, 5.74) is -0.0670. The van der Waals surface area contributed by atoms with Crippen LogP contribution in [0.2, 0.25) is 0 Å². The Morgan fingerprint density at radius 1 is 1.53 bits per heavy atom. The molecule has 0 saturated heterocycles. The number of halogens is 2. The maximum Gasteiger partial charge on any atom is 0.246 e. The van der Waals surface area contributed by atoms with E-state index in [9.17, 15) is 12.8 Å². The molecule has 0 unspecified atom stereocenters. The number of rotatable bonds is 6. The minimum atomic E-state index is -3.95. The molecule has 0 aliphatic heterocycles. The second-order valence-electron chi connectivity index (χ2n) is 3.78. The Labute approximate surface area is 120 Å². The molecular weight excluding hydrogens is 337 g/mol. The fraction of sp³-hybridized carbons (Fsp3) is 0.333. The lowest BCUT2D eigenvalue weighted by Gasteiger charge is -2.20. The van der Waals surface area contributed by atoms with Gasteiger partial charge in [0.05, 0.1) is 6.61 Å². The highest BCUT2D eigenvalue weighted by molar-refractivity contribution is 9.10. The van der Waals surface area contributed by atoms with Gasteiger partial charge in [0.2, 0.25) is 10.0 Å². The maximum absolute atomic E-state index is 14.1. The van der Waals surface area contributed by atoms with Crippen molar-refractivity contribution in [1.29, 1.82) is 0 Å². The maximum atomic E-state index is 14.1. The van der Waals surface area contributed by atoms with Crippen LogP contribution in [-0.4, -0.2) is 30.9 Å². The molecule has 19 heavy (non-hydrogen) atoms. The lowest BCUT2D eigenvalue weighted by molar-refractivity contribution is 0.274. The van der Waals surface area contributed by atoms with Crippen molar-refractivity contribution < 1.29 is 17.9 Å². The van der Waals surface area contributed by atoms with E-state index >= 15 is 0 Å². The first-order valence-corrected chi connectivity index (χ1v) is 7.81. The summed E-state index contributed by atoms with van der Waals surface area (Å²) in [5.74, 6) is -0.923. The average Bonchev–Trinajstić information content (AvgIpc) is 2.37. The molecule has 7 heteroatoms. The molecule has 1 aromatic rings. The van der Waals surface area contributed by atoms with E-state index < -0.39 is 27.3 Å². The molecule has 0 bridgehead atoms. The predicted octanol–water partition coefficient (Wildman–Crippen LogP) is 2.28. The van der Waals surface area contributed by atoms with Crippen molar-refractivity contribution in [1.82, 2.24) is 4.31 Å². The Bertz CT molecular complexity index is 575. The van der Waals surface area contributed by atoms with Crippen LogP contribution < -0.4 is 0 Å². The molecule has 0 aromatic heterocycles. The zero-order valence-electron chi connectivity index (χ0n) is 10.4. The summed E-state index contributed by atoms with van der Waals surface area (Å²) < 4.78 is 40.2. The molecule has 106 valence electrons. The minimum absolute atomic E-state index is 0.0670. The average molecular weight is 352 g/mol. The van der Waals surface area contributed by atoms with Gasteiger partial charge in [-0.15, -0.1) is 6.58 Å². The van der Waals surface area contributed by atoms with E-state index in [0.29, 0.717) is 4.47 Å². The predicted molar refractivity (Wildman–Crippen MR) is 74.7 cm³/mol. The fourth-order valence-electron chi connectivity index (χ4n) is 1.60. The molecule has 0 heterocycles. The van der Waals surface area contributed by atoms with E-state index in [1.165, 1.54) is 18.2 Å². The lowest BCUT2D eigenvalue weighted by Crippen LogP contribution is -2.31. The summed E-state index contributed by atoms with van der Waals surface area (Å²) in [7, 11) is -3.95. The summed E-state index contributed by atoms with van der Waals surface area (Å²) >= 11 is 3.11. The summed E-state index contributed by atoms with van der Waals surface area (Å²) in [6, 6.07) is 2.54. The van der Waals surface area contributed by atoms with Gasteiger partial charge in [-0.3, -0.25) is 0 Å². The van der Waals surface area contributed by atoms with Crippen molar-refractivity contribution in [2.75, 3.05) is 13.1 Å². The van der Waals surface area contributed by atoms with Gasteiger partial charge >= 0.3 is 0 Å². The van der Waals surface area contributed by atoms with Crippen LogP contribution in [0, 0.1) is 5.82 Å². The number of aliphatic hydroxyl groups is 1. The topological polar surface area (TPSA) is 57.6 Å². The van der Waals surface area contributed by atoms with Crippen LogP contribution in [0.5, 0.6) is 0 Å². The largest absolute Gasteiger partial charge is 0.392 e. The van der Waals surface area contributed by atoms with Gasteiger partial charge in [0.25, 0.3) is 0 Å². The van der Waals surface area contributed by atoms with Crippen molar-refractivity contribution in [3.8, 4) is 0 Å². The van der Waals surface area contributed by atoms with Gasteiger partial charge < -0.3 is 5.11 Å². The molecule has 0 saturated carbocycles. The third kappa shape index (κ3) is 3.42. The second-order valence-corrected chi connectivity index (χ2v) is 6.60. The zero-order valence-corrected chi connectivity index (χ0v) is 12.8. The molecule has 0 atom stereocenters. The van der Waals surface area contributed by atoms with Crippen LogP contribution in [0.15, 0.2) is 34.2 Å². The van der Waals surface area contributed by atoms with Crippen molar-refractivity contribution >= 4 is 26.0 Å². The van der Waals surface area contributed by atoms with Crippen LogP contribution >= 0.6 is 15.9 Å². The van der Waals surface area contributed by atoms with Crippen molar-refractivity contribution in [3.05, 3.63) is 40.6 Å². The van der Waals surface area contributed by atoms with E-state index in [0.717, 1.165) is 4.31 Å². The molecule has 1 aromatic carbocycles. The monoisotopic (exact) mass is 351 g/mol. The number of benzene rings is 1. The quantitative estimate of drug-likeness (QED) is 0.800. The molecule has 0 amide bonds. The van der Waals surface area contributed by atoms with E-state index in [1.807, 2.05) is 0 Å². The molecule has 0 fully saturated rings. The lowest BCUT2D eigenvalue weighted by atomic mass is 10.2. The number of hydrogen-bond donors (Lipinski definition) is 1. The van der Waals surface area contributed by atoms with Crippen molar-refractivity contribution in [2.24, 2.45) is 0 Å². The SMILES string of the molecule is C=CCN(CC)S(=O)(=O)c1cc(Br)cc(CO)c1F. The Morgan fingerprint density at radius 3 is 2.63 bits per heavy atom. The molecule has 0 spiro atoms. The molecule has 0 radical (unpaired) electrons. The Kier molecular flexibility index (Phi) is 5.66. The first-order valence-electron chi connectivity index (χ1n) is 5.58. The van der Waals surface area contributed by atoms with Crippen LogP contribution in [0.1, 0.15) is 12.5 Å². The molecular formula is C12H15BrFNO3S. The van der Waals surface area contributed by atoms with Gasteiger partial charge in [-0.05, 0) is 12.1 Å². The summed E-state index contributed by atoms with van der Waals surface area (Å²) in [6.07, 6.45) is 1.43. The molecule has 4 nitrogen and oxygen atoms in total. The third-order valence-corrected chi connectivity index (χ3v) is 4.95. The van der Waals surface area contributed by atoms with E-state index in [-0.39, 0.29) is 18.7 Å². The van der Waals surface area contributed by atoms with Crippen LogP contribution in [-0.2, 0) is 16.6 Å². The number of sulfonamides is 1. The second kappa shape index (κ2) is 6.60. The molecule has 0 aliphatic rings. The highest BCUT2D eigenvalue weighted by Crippen LogP contribution is 2.26. The van der Waals surface area contributed by atoms with Gasteiger partial charge in [0.1, 0.15) is 10.7 Å². The van der Waals surface area contributed by atoms with Gasteiger partial charge in [-0.1, -0.05) is 28.9 Å². The summed E-state index contributed by atoms with van der Waals surface area (Å²) in [4.78, 5) is -0.449. The normalized spacial score (nSPS) is 11.8. The van der Waals surface area contributed by atoms with E-state index in [2.05, 4.69) is 22.5 Å². The van der Waals surface area contributed by atoms with Gasteiger partial charge in [-0.2, -0.15) is 4.31 Å². The fourth-order valence-corrected chi connectivity index (χ4v) is 3.81. The minimum Gasteiger partial charge on any atom is -0.392 e. The van der Waals surface area contributed by atoms with E-state index in [1.54, 1.807) is 6.92 Å². The molecule has 1 rings (SSSR count). The summed E-state index contributed by atoms with van der Waals surface area (Å²) in [6.45, 7) is 4.87. The van der Waals surface area contributed by atoms with Crippen molar-refractivity contribution in [2.45, 2.75) is 18.4 Å². The first-order chi connectivity index (χ1) is 8.88. The highest BCUT2D eigenvalue weighted by Gasteiger charge is 2.27. The standard InChI is InChI=1S/C12H15BrFNO3S/c1-3-5-15(4-2)19(17,18)11-7-10(13)6-9(8-16)12(11)14/h3,6-7,16H,1,4-5,8H2,2H3. The van der Waals surface area contributed by atoms with Crippen LogP contribution in [0.25, 0.3) is 0 Å². The number of aliphatic hydroxyl groups excluding tert-OH is 1. The molecule has 1 N–H and O–H groups in total. The van der Waals surface area contributed by atoms with Crippen LogP contribution in [0.4, 0.5) is 4.39 Å². The van der Waals surface area contributed by atoms with E-state index in [4.69, 9.17) is 5.11 Å². The van der Waals surface area contributed by atoms with Gasteiger partial charge in [0, 0.05) is 23.1 Å². The van der Waals surface area contributed by atoms with Crippen molar-refractivity contribution in [3.63, 3.8) is 0 Å². The van der Waals surface area contributed by atoms with Gasteiger partial charge in [0.15, 0.2) is 0 Å². The van der Waals surface area contributed by atoms with Crippen LogP contribution in [0.3, 0.4) is 0 Å². The first kappa shape index (κ1) is 16.3. The smallest absolute Gasteiger partial charge is 0.246 e. The summed E-state index contributed by atoms with van der Waals surface area (Å²) in [5, 5.41) is 9.05. The Morgan fingerprint density at radius 2 is 2.16 bits per heavy atom. The number of hydrogen-bond acceptors (Lipinski definition) is 3. The number of nitrogens with zero attached hydrogens (tertiary/aromatic N) is 1. The zero-order chi connectivity index (χ0) is 14.6. The highest BCUT2D eigenvalue weighted by atomic mass is 79.9.